The summed E-state index contributed by atoms with van der Waals surface area (Å²) in [7, 11) is 0. The first-order valence-corrected chi connectivity index (χ1v) is 4.23. The van der Waals surface area contributed by atoms with Crippen LogP contribution in [0.3, 0.4) is 0 Å². The topological polar surface area (TPSA) is 36.7 Å². The molecule has 0 aliphatic carbocycles. The summed E-state index contributed by atoms with van der Waals surface area (Å²) in [4.78, 5) is 4.07. The molecule has 1 aromatic rings. The second kappa shape index (κ2) is 4.65. The van der Waals surface area contributed by atoms with E-state index in [9.17, 15) is 0 Å². The molecular formula is C10H14N2. The van der Waals surface area contributed by atoms with Gasteiger partial charge in [0.05, 0.1) is 0 Å². The van der Waals surface area contributed by atoms with E-state index >= 15 is 0 Å². The summed E-state index contributed by atoms with van der Waals surface area (Å²) >= 11 is 0. The molecule has 0 unspecified atom stereocenters. The van der Waals surface area contributed by atoms with Gasteiger partial charge in [-0.1, -0.05) is 0 Å². The number of aromatic nitrogens is 1. The number of hydrogen-bond acceptors (Lipinski definition) is 2. The average molecular weight is 162 g/mol. The fourth-order valence-electron chi connectivity index (χ4n) is 1.15. The van der Waals surface area contributed by atoms with Crippen LogP contribution < -0.4 is 0 Å². The van der Waals surface area contributed by atoms with E-state index in [0.29, 0.717) is 0 Å². The molecule has 0 atom stereocenters. The highest BCUT2D eigenvalue weighted by Gasteiger charge is 1.95. The van der Waals surface area contributed by atoms with Gasteiger partial charge in [-0.3, -0.25) is 4.98 Å². The third-order valence-electron chi connectivity index (χ3n) is 1.94. The molecule has 64 valence electrons. The summed E-state index contributed by atoms with van der Waals surface area (Å²) < 4.78 is 0. The number of nitrogens with zero attached hydrogens (tertiary/aromatic N) is 1. The van der Waals surface area contributed by atoms with Crippen molar-refractivity contribution >= 4 is 6.21 Å². The molecule has 0 bridgehead atoms. The second-order valence-corrected chi connectivity index (χ2v) is 2.90. The van der Waals surface area contributed by atoms with Crippen molar-refractivity contribution in [2.45, 2.75) is 26.2 Å². The highest BCUT2D eigenvalue weighted by molar-refractivity contribution is 5.52. The van der Waals surface area contributed by atoms with Crippen molar-refractivity contribution in [3.8, 4) is 0 Å². The van der Waals surface area contributed by atoms with Gasteiger partial charge in [0.15, 0.2) is 0 Å². The van der Waals surface area contributed by atoms with Gasteiger partial charge < -0.3 is 5.41 Å². The van der Waals surface area contributed by atoms with E-state index in [1.54, 1.807) is 0 Å². The highest BCUT2D eigenvalue weighted by atomic mass is 14.6. The van der Waals surface area contributed by atoms with E-state index in [2.05, 4.69) is 11.9 Å². The Balaban J connectivity index is 2.51. The largest absolute Gasteiger partial charge is 0.313 e. The van der Waals surface area contributed by atoms with E-state index in [0.717, 1.165) is 19.3 Å². The zero-order valence-corrected chi connectivity index (χ0v) is 7.38. The molecule has 1 rings (SSSR count). The Labute approximate surface area is 73.2 Å². The quantitative estimate of drug-likeness (QED) is 0.535. The summed E-state index contributed by atoms with van der Waals surface area (Å²) in [5, 5.41) is 6.88. The minimum Gasteiger partial charge on any atom is -0.313 e. The normalized spacial score (nSPS) is 9.75. The number of nitrogens with one attached hydrogen (secondary N) is 1. The Morgan fingerprint density at radius 1 is 1.58 bits per heavy atom. The van der Waals surface area contributed by atoms with Crippen LogP contribution in [0.1, 0.15) is 24.0 Å². The van der Waals surface area contributed by atoms with Crippen LogP contribution in [0.4, 0.5) is 0 Å². The van der Waals surface area contributed by atoms with E-state index in [1.165, 1.54) is 17.3 Å². The number of rotatable bonds is 4. The monoisotopic (exact) mass is 162 g/mol. The maximum absolute atomic E-state index is 6.88. The molecule has 2 nitrogen and oxygen atoms in total. The minimum absolute atomic E-state index is 0.869. The van der Waals surface area contributed by atoms with Gasteiger partial charge in [0, 0.05) is 12.4 Å². The molecule has 0 radical (unpaired) electrons. The Kier molecular flexibility index (Phi) is 3.45. The van der Waals surface area contributed by atoms with Crippen molar-refractivity contribution in [2.24, 2.45) is 0 Å². The summed E-state index contributed by atoms with van der Waals surface area (Å²) in [5.41, 5.74) is 2.61. The molecule has 0 aromatic carbocycles. The van der Waals surface area contributed by atoms with Crippen LogP contribution >= 0.6 is 0 Å². The van der Waals surface area contributed by atoms with Crippen LogP contribution in [0.2, 0.25) is 0 Å². The minimum atomic E-state index is 0.869. The summed E-state index contributed by atoms with van der Waals surface area (Å²) in [5.74, 6) is 0. The molecule has 1 aromatic heterocycles. The highest BCUT2D eigenvalue weighted by Crippen LogP contribution is 2.08. The molecule has 0 saturated carbocycles. The van der Waals surface area contributed by atoms with Crippen molar-refractivity contribution in [3.63, 3.8) is 0 Å². The predicted octanol–water partition coefficient (Wildman–Crippen LogP) is 2.36. The molecule has 1 N–H and O–H groups in total. The zero-order chi connectivity index (χ0) is 8.81. The lowest BCUT2D eigenvalue weighted by atomic mass is 10.1. The van der Waals surface area contributed by atoms with Gasteiger partial charge >= 0.3 is 0 Å². The fourth-order valence-corrected chi connectivity index (χ4v) is 1.15. The Hall–Kier alpha value is -1.18. The standard InChI is InChI=1S/C10H14N2/c1-9-5-7-12-8-10(9)4-2-3-6-11/h5-8,11H,2-4H2,1H3. The molecule has 2 heteroatoms. The van der Waals surface area contributed by atoms with Crippen molar-refractivity contribution in [2.75, 3.05) is 0 Å². The Bertz CT molecular complexity index is 256. The Morgan fingerprint density at radius 2 is 2.42 bits per heavy atom. The molecule has 0 spiro atoms. The maximum atomic E-state index is 6.88. The number of unbranched alkanes of at least 4 members (excludes halogenated alkanes) is 1. The van der Waals surface area contributed by atoms with Gasteiger partial charge in [-0.25, -0.2) is 0 Å². The van der Waals surface area contributed by atoms with Gasteiger partial charge in [-0.15, -0.1) is 0 Å². The van der Waals surface area contributed by atoms with Crippen LogP contribution in [0.5, 0.6) is 0 Å². The third-order valence-corrected chi connectivity index (χ3v) is 1.94. The lowest BCUT2D eigenvalue weighted by Crippen LogP contribution is -1.90. The molecule has 0 aliphatic rings. The lowest BCUT2D eigenvalue weighted by Gasteiger charge is -2.01. The molecule has 0 amide bonds. The number of pyridine rings is 1. The first-order valence-electron chi connectivity index (χ1n) is 4.23. The number of aryl methyl sites for hydroxylation is 2. The Morgan fingerprint density at radius 3 is 3.08 bits per heavy atom. The van der Waals surface area contributed by atoms with Crippen LogP contribution in [0, 0.1) is 12.3 Å². The number of hydrogen-bond donors (Lipinski definition) is 1. The molecular weight excluding hydrogens is 148 g/mol. The summed E-state index contributed by atoms with van der Waals surface area (Å²) in [6, 6.07) is 2.03. The predicted molar refractivity (Wildman–Crippen MR) is 50.7 cm³/mol. The van der Waals surface area contributed by atoms with Crippen LogP contribution in [0.25, 0.3) is 0 Å². The molecule has 0 saturated heterocycles. The van der Waals surface area contributed by atoms with E-state index in [-0.39, 0.29) is 0 Å². The van der Waals surface area contributed by atoms with Crippen molar-refractivity contribution < 1.29 is 0 Å². The molecule has 12 heavy (non-hydrogen) atoms. The zero-order valence-electron chi connectivity index (χ0n) is 7.38. The second-order valence-electron chi connectivity index (χ2n) is 2.90. The van der Waals surface area contributed by atoms with E-state index in [1.807, 2.05) is 18.5 Å². The van der Waals surface area contributed by atoms with E-state index < -0.39 is 0 Å². The SMILES string of the molecule is Cc1ccncc1CCCC=N. The first-order chi connectivity index (χ1) is 5.84. The first kappa shape index (κ1) is 8.91. The van der Waals surface area contributed by atoms with Crippen molar-refractivity contribution in [3.05, 3.63) is 29.6 Å². The fraction of sp³-hybridized carbons (Fsp3) is 0.400. The smallest absolute Gasteiger partial charge is 0.0302 e. The van der Waals surface area contributed by atoms with Crippen molar-refractivity contribution in [1.29, 1.82) is 5.41 Å². The van der Waals surface area contributed by atoms with Gasteiger partial charge in [0.2, 0.25) is 0 Å². The summed E-state index contributed by atoms with van der Waals surface area (Å²) in [6.07, 6.45) is 8.15. The summed E-state index contributed by atoms with van der Waals surface area (Å²) in [6.45, 7) is 2.10. The van der Waals surface area contributed by atoms with Gasteiger partial charge in [0.1, 0.15) is 0 Å². The van der Waals surface area contributed by atoms with Gasteiger partial charge in [-0.05, 0) is 49.6 Å². The average Bonchev–Trinajstić information content (AvgIpc) is 2.09. The molecule has 1 heterocycles. The van der Waals surface area contributed by atoms with Crippen LogP contribution in [-0.4, -0.2) is 11.2 Å². The third kappa shape index (κ3) is 2.46. The van der Waals surface area contributed by atoms with Crippen LogP contribution in [-0.2, 0) is 6.42 Å². The van der Waals surface area contributed by atoms with Gasteiger partial charge in [0.25, 0.3) is 0 Å². The van der Waals surface area contributed by atoms with Gasteiger partial charge in [-0.2, -0.15) is 0 Å². The molecule has 0 aliphatic heterocycles. The van der Waals surface area contributed by atoms with Crippen LogP contribution in [0.15, 0.2) is 18.5 Å². The van der Waals surface area contributed by atoms with E-state index in [4.69, 9.17) is 5.41 Å². The van der Waals surface area contributed by atoms with Crippen molar-refractivity contribution in [1.82, 2.24) is 4.98 Å². The lowest BCUT2D eigenvalue weighted by molar-refractivity contribution is 0.859. The molecule has 0 fully saturated rings. The maximum Gasteiger partial charge on any atom is 0.0302 e.